The molecule has 1 aromatic rings. The zero-order chi connectivity index (χ0) is 12.4. The third-order valence-electron chi connectivity index (χ3n) is 4.23. The zero-order valence-corrected chi connectivity index (χ0v) is 11.0. The predicted molar refractivity (Wildman–Crippen MR) is 72.3 cm³/mol. The van der Waals surface area contributed by atoms with E-state index in [4.69, 9.17) is 4.74 Å². The highest BCUT2D eigenvalue weighted by Gasteiger charge is 2.26. The van der Waals surface area contributed by atoms with Crippen LogP contribution in [0.4, 0.5) is 0 Å². The Morgan fingerprint density at radius 3 is 3.06 bits per heavy atom. The van der Waals surface area contributed by atoms with Crippen molar-refractivity contribution in [2.75, 3.05) is 7.11 Å². The largest absolute Gasteiger partial charge is 0.380 e. The lowest BCUT2D eigenvalue weighted by Gasteiger charge is -2.19. The highest BCUT2D eigenvalue weighted by atomic mass is 16.5. The Labute approximate surface area is 109 Å². The van der Waals surface area contributed by atoms with E-state index in [0.29, 0.717) is 12.1 Å². The molecule has 1 aliphatic carbocycles. The van der Waals surface area contributed by atoms with Crippen molar-refractivity contribution < 1.29 is 4.74 Å². The van der Waals surface area contributed by atoms with Gasteiger partial charge < -0.3 is 15.4 Å². The van der Waals surface area contributed by atoms with Crippen LogP contribution in [0.3, 0.4) is 0 Å². The van der Waals surface area contributed by atoms with Crippen molar-refractivity contribution in [3.05, 3.63) is 34.9 Å². The number of rotatable bonds is 4. The molecule has 0 amide bonds. The van der Waals surface area contributed by atoms with Gasteiger partial charge in [-0.3, -0.25) is 0 Å². The normalized spacial score (nSPS) is 26.5. The van der Waals surface area contributed by atoms with Gasteiger partial charge in [0.05, 0.1) is 6.10 Å². The van der Waals surface area contributed by atoms with Gasteiger partial charge in [-0.1, -0.05) is 18.2 Å². The zero-order valence-electron chi connectivity index (χ0n) is 11.0. The molecule has 0 spiro atoms. The first kappa shape index (κ1) is 12.2. The third-order valence-corrected chi connectivity index (χ3v) is 4.23. The molecular formula is C15H22N2O. The second kappa shape index (κ2) is 5.39. The monoisotopic (exact) mass is 246 g/mol. The van der Waals surface area contributed by atoms with E-state index < -0.39 is 0 Å². The Hall–Kier alpha value is -0.900. The molecular weight excluding hydrogens is 224 g/mol. The summed E-state index contributed by atoms with van der Waals surface area (Å²) in [6, 6.07) is 7.37. The predicted octanol–water partition coefficient (Wildman–Crippen LogP) is 1.95. The van der Waals surface area contributed by atoms with E-state index in [1.807, 2.05) is 7.11 Å². The van der Waals surface area contributed by atoms with Crippen molar-refractivity contribution in [3.63, 3.8) is 0 Å². The van der Waals surface area contributed by atoms with E-state index in [1.54, 1.807) is 0 Å². The fraction of sp³-hybridized carbons (Fsp3) is 0.600. The molecule has 2 unspecified atom stereocenters. The van der Waals surface area contributed by atoms with Crippen molar-refractivity contribution in [2.45, 2.75) is 51.0 Å². The summed E-state index contributed by atoms with van der Waals surface area (Å²) in [5, 5.41) is 7.03. The van der Waals surface area contributed by atoms with Crippen LogP contribution in [0.2, 0.25) is 0 Å². The fourth-order valence-corrected chi connectivity index (χ4v) is 3.15. The number of hydrogen-bond acceptors (Lipinski definition) is 3. The Kier molecular flexibility index (Phi) is 3.64. The van der Waals surface area contributed by atoms with Crippen LogP contribution in [0.25, 0.3) is 0 Å². The maximum Gasteiger partial charge on any atom is 0.0724 e. The SMILES string of the molecule is COC1CCCC1NCc1ccc2c(c1)CNC2. The molecule has 1 heterocycles. The molecule has 3 rings (SSSR count). The third kappa shape index (κ3) is 2.44. The molecule has 0 radical (unpaired) electrons. The van der Waals surface area contributed by atoms with Crippen molar-refractivity contribution in [2.24, 2.45) is 0 Å². The molecule has 2 aliphatic rings. The fourth-order valence-electron chi connectivity index (χ4n) is 3.15. The molecule has 2 N–H and O–H groups in total. The number of benzene rings is 1. The maximum absolute atomic E-state index is 5.51. The lowest BCUT2D eigenvalue weighted by molar-refractivity contribution is 0.0847. The second-order valence-electron chi connectivity index (χ2n) is 5.40. The van der Waals surface area contributed by atoms with E-state index in [1.165, 1.54) is 36.0 Å². The first-order valence-electron chi connectivity index (χ1n) is 6.94. The minimum absolute atomic E-state index is 0.404. The topological polar surface area (TPSA) is 33.3 Å². The van der Waals surface area contributed by atoms with Crippen molar-refractivity contribution in [1.82, 2.24) is 10.6 Å². The Bertz CT molecular complexity index is 419. The lowest BCUT2D eigenvalue weighted by atomic mass is 10.1. The standard InChI is InChI=1S/C15H22N2O/c1-18-15-4-2-3-14(15)17-8-11-5-6-12-9-16-10-13(12)7-11/h5-7,14-17H,2-4,8-10H2,1H3. The summed E-state index contributed by atoms with van der Waals surface area (Å²) in [4.78, 5) is 0. The smallest absolute Gasteiger partial charge is 0.0724 e. The number of ether oxygens (including phenoxy) is 1. The molecule has 0 bridgehead atoms. The van der Waals surface area contributed by atoms with Gasteiger partial charge in [-0.2, -0.15) is 0 Å². The van der Waals surface area contributed by atoms with Crippen LogP contribution >= 0.6 is 0 Å². The Morgan fingerprint density at radius 2 is 2.17 bits per heavy atom. The molecule has 1 saturated carbocycles. The molecule has 2 atom stereocenters. The first-order valence-corrected chi connectivity index (χ1v) is 6.94. The number of fused-ring (bicyclic) bond motifs is 1. The molecule has 3 heteroatoms. The van der Waals surface area contributed by atoms with Crippen LogP contribution in [-0.4, -0.2) is 19.3 Å². The van der Waals surface area contributed by atoms with E-state index in [0.717, 1.165) is 19.6 Å². The van der Waals surface area contributed by atoms with Gasteiger partial charge in [-0.25, -0.2) is 0 Å². The van der Waals surface area contributed by atoms with Gasteiger partial charge in [0.25, 0.3) is 0 Å². The summed E-state index contributed by atoms with van der Waals surface area (Å²) in [6.07, 6.45) is 4.12. The Balaban J connectivity index is 1.60. The summed E-state index contributed by atoms with van der Waals surface area (Å²) >= 11 is 0. The average Bonchev–Trinajstić information content (AvgIpc) is 3.04. The minimum Gasteiger partial charge on any atom is -0.380 e. The van der Waals surface area contributed by atoms with Crippen LogP contribution < -0.4 is 10.6 Å². The van der Waals surface area contributed by atoms with Crippen molar-refractivity contribution >= 4 is 0 Å². The first-order chi connectivity index (χ1) is 8.86. The van der Waals surface area contributed by atoms with Gasteiger partial charge in [0.2, 0.25) is 0 Å². The second-order valence-corrected chi connectivity index (χ2v) is 5.40. The molecule has 3 nitrogen and oxygen atoms in total. The van der Waals surface area contributed by atoms with Gasteiger partial charge in [-0.05, 0) is 36.0 Å². The highest BCUT2D eigenvalue weighted by Crippen LogP contribution is 2.22. The molecule has 1 aromatic carbocycles. The van der Waals surface area contributed by atoms with Gasteiger partial charge in [-0.15, -0.1) is 0 Å². The van der Waals surface area contributed by atoms with E-state index >= 15 is 0 Å². The molecule has 1 fully saturated rings. The number of methoxy groups -OCH3 is 1. The highest BCUT2D eigenvalue weighted by molar-refractivity contribution is 5.34. The molecule has 0 aromatic heterocycles. The van der Waals surface area contributed by atoms with E-state index in [2.05, 4.69) is 28.8 Å². The van der Waals surface area contributed by atoms with Crippen molar-refractivity contribution in [1.29, 1.82) is 0 Å². The minimum atomic E-state index is 0.404. The van der Waals surface area contributed by atoms with Crippen LogP contribution in [0.1, 0.15) is 36.0 Å². The lowest BCUT2D eigenvalue weighted by Crippen LogP contribution is -2.36. The van der Waals surface area contributed by atoms with Crippen molar-refractivity contribution in [3.8, 4) is 0 Å². The maximum atomic E-state index is 5.51. The average molecular weight is 246 g/mol. The summed E-state index contributed by atoms with van der Waals surface area (Å²) < 4.78 is 5.51. The molecule has 18 heavy (non-hydrogen) atoms. The van der Waals surface area contributed by atoms with Crippen LogP contribution in [0.5, 0.6) is 0 Å². The summed E-state index contributed by atoms with van der Waals surface area (Å²) in [7, 11) is 1.83. The van der Waals surface area contributed by atoms with Gasteiger partial charge in [0.15, 0.2) is 0 Å². The van der Waals surface area contributed by atoms with Gasteiger partial charge >= 0.3 is 0 Å². The van der Waals surface area contributed by atoms with E-state index in [-0.39, 0.29) is 0 Å². The quantitative estimate of drug-likeness (QED) is 0.852. The van der Waals surface area contributed by atoms with Crippen LogP contribution in [0.15, 0.2) is 18.2 Å². The summed E-state index contributed by atoms with van der Waals surface area (Å²) in [6.45, 7) is 3.00. The summed E-state index contributed by atoms with van der Waals surface area (Å²) in [5.74, 6) is 0. The number of nitrogens with one attached hydrogen (secondary N) is 2. The molecule has 1 aliphatic heterocycles. The van der Waals surface area contributed by atoms with Crippen LogP contribution in [0, 0.1) is 0 Å². The van der Waals surface area contributed by atoms with Crippen LogP contribution in [-0.2, 0) is 24.4 Å². The van der Waals surface area contributed by atoms with Gasteiger partial charge in [0, 0.05) is 32.8 Å². The Morgan fingerprint density at radius 1 is 1.28 bits per heavy atom. The molecule has 0 saturated heterocycles. The number of hydrogen-bond donors (Lipinski definition) is 2. The molecule has 98 valence electrons. The van der Waals surface area contributed by atoms with Gasteiger partial charge in [0.1, 0.15) is 0 Å². The van der Waals surface area contributed by atoms with E-state index in [9.17, 15) is 0 Å². The summed E-state index contributed by atoms with van der Waals surface area (Å²) in [5.41, 5.74) is 4.30.